The minimum atomic E-state index is -0.412. The number of benzene rings is 1. The first kappa shape index (κ1) is 14.7. The van der Waals surface area contributed by atoms with Crippen molar-refractivity contribution in [1.29, 1.82) is 0 Å². The molecule has 4 nitrogen and oxygen atoms in total. The SMILES string of the molecule is CNC1CCN(C(=O)Nc2ccccc2F)C1.Cl. The van der Waals surface area contributed by atoms with Gasteiger partial charge in [0.15, 0.2) is 0 Å². The lowest BCUT2D eigenvalue weighted by atomic mass is 10.3. The van der Waals surface area contributed by atoms with Crippen LogP contribution in [0.5, 0.6) is 0 Å². The summed E-state index contributed by atoms with van der Waals surface area (Å²) in [5, 5.41) is 5.71. The standard InChI is InChI=1S/C12H16FN3O.ClH/c1-14-9-6-7-16(8-9)12(17)15-11-5-3-2-4-10(11)13;/h2-5,9,14H,6-8H2,1H3,(H,15,17);1H. The van der Waals surface area contributed by atoms with Crippen LogP contribution in [0.4, 0.5) is 14.9 Å². The number of likely N-dealkylation sites (N-methyl/N-ethyl adjacent to an activating group) is 1. The minimum Gasteiger partial charge on any atom is -0.323 e. The molecule has 1 saturated heterocycles. The van der Waals surface area contributed by atoms with E-state index in [4.69, 9.17) is 0 Å². The molecule has 18 heavy (non-hydrogen) atoms. The average molecular weight is 274 g/mol. The van der Waals surface area contributed by atoms with Crippen molar-refractivity contribution >= 4 is 24.1 Å². The van der Waals surface area contributed by atoms with Crippen LogP contribution in [0.2, 0.25) is 0 Å². The van der Waals surface area contributed by atoms with E-state index >= 15 is 0 Å². The molecule has 2 rings (SSSR count). The molecule has 1 unspecified atom stereocenters. The minimum absolute atomic E-state index is 0. The van der Waals surface area contributed by atoms with Gasteiger partial charge in [0.05, 0.1) is 5.69 Å². The fourth-order valence-electron chi connectivity index (χ4n) is 1.94. The largest absolute Gasteiger partial charge is 0.323 e. The van der Waals surface area contributed by atoms with Gasteiger partial charge in [0.25, 0.3) is 0 Å². The molecule has 1 fully saturated rings. The quantitative estimate of drug-likeness (QED) is 0.866. The third-order valence-electron chi connectivity index (χ3n) is 3.00. The second-order valence-corrected chi connectivity index (χ2v) is 4.13. The second-order valence-electron chi connectivity index (χ2n) is 4.13. The van der Waals surface area contributed by atoms with Gasteiger partial charge in [-0.2, -0.15) is 0 Å². The van der Waals surface area contributed by atoms with E-state index < -0.39 is 5.82 Å². The number of hydrogen-bond donors (Lipinski definition) is 2. The number of rotatable bonds is 2. The number of hydrogen-bond acceptors (Lipinski definition) is 2. The maximum atomic E-state index is 13.3. The molecule has 1 atom stereocenters. The summed E-state index contributed by atoms with van der Waals surface area (Å²) < 4.78 is 13.3. The molecule has 100 valence electrons. The number of nitrogens with one attached hydrogen (secondary N) is 2. The predicted octanol–water partition coefficient (Wildman–Crippen LogP) is 2.07. The summed E-state index contributed by atoms with van der Waals surface area (Å²) in [7, 11) is 1.88. The zero-order valence-electron chi connectivity index (χ0n) is 10.1. The Morgan fingerprint density at radius 3 is 2.78 bits per heavy atom. The van der Waals surface area contributed by atoms with Gasteiger partial charge in [-0.15, -0.1) is 12.4 Å². The van der Waals surface area contributed by atoms with E-state index in [0.29, 0.717) is 19.1 Å². The summed E-state index contributed by atoms with van der Waals surface area (Å²) in [6.45, 7) is 1.36. The molecule has 0 aliphatic carbocycles. The zero-order valence-corrected chi connectivity index (χ0v) is 11.0. The Balaban J connectivity index is 0.00000162. The molecular formula is C12H17ClFN3O. The van der Waals surface area contributed by atoms with E-state index in [1.807, 2.05) is 7.05 Å². The van der Waals surface area contributed by atoms with Gasteiger partial charge in [-0.05, 0) is 25.6 Å². The highest BCUT2D eigenvalue weighted by atomic mass is 35.5. The van der Waals surface area contributed by atoms with E-state index in [1.54, 1.807) is 23.1 Å². The molecule has 1 aromatic rings. The van der Waals surface area contributed by atoms with Crippen molar-refractivity contribution in [1.82, 2.24) is 10.2 Å². The normalized spacial score (nSPS) is 18.3. The zero-order chi connectivity index (χ0) is 12.3. The molecule has 2 amide bonds. The van der Waals surface area contributed by atoms with Gasteiger partial charge in [-0.3, -0.25) is 0 Å². The van der Waals surface area contributed by atoms with Crippen molar-refractivity contribution in [2.45, 2.75) is 12.5 Å². The van der Waals surface area contributed by atoms with Crippen LogP contribution >= 0.6 is 12.4 Å². The number of likely N-dealkylation sites (tertiary alicyclic amines) is 1. The highest BCUT2D eigenvalue weighted by Crippen LogP contribution is 2.15. The topological polar surface area (TPSA) is 44.4 Å². The van der Waals surface area contributed by atoms with Crippen LogP contribution in [0.3, 0.4) is 0 Å². The van der Waals surface area contributed by atoms with Gasteiger partial charge < -0.3 is 15.5 Å². The lowest BCUT2D eigenvalue weighted by Crippen LogP contribution is -2.36. The summed E-state index contributed by atoms with van der Waals surface area (Å²) >= 11 is 0. The number of para-hydroxylation sites is 1. The Bertz CT molecular complexity index is 416. The number of carbonyl (C=O) groups is 1. The van der Waals surface area contributed by atoms with Gasteiger partial charge in [0, 0.05) is 19.1 Å². The number of nitrogens with zero attached hydrogens (tertiary/aromatic N) is 1. The molecular weight excluding hydrogens is 257 g/mol. The molecule has 6 heteroatoms. The van der Waals surface area contributed by atoms with E-state index in [2.05, 4.69) is 10.6 Å². The lowest BCUT2D eigenvalue weighted by Gasteiger charge is -2.17. The van der Waals surface area contributed by atoms with Gasteiger partial charge in [0.2, 0.25) is 0 Å². The van der Waals surface area contributed by atoms with Gasteiger partial charge >= 0.3 is 6.03 Å². The number of amides is 2. The third kappa shape index (κ3) is 3.34. The van der Waals surface area contributed by atoms with Crippen LogP contribution in [-0.2, 0) is 0 Å². The van der Waals surface area contributed by atoms with Crippen LogP contribution in [0, 0.1) is 5.82 Å². The van der Waals surface area contributed by atoms with Crippen LogP contribution in [0.15, 0.2) is 24.3 Å². The van der Waals surface area contributed by atoms with Crippen molar-refractivity contribution in [3.8, 4) is 0 Å². The first-order valence-electron chi connectivity index (χ1n) is 5.68. The molecule has 1 aliphatic heterocycles. The van der Waals surface area contributed by atoms with Crippen molar-refractivity contribution in [3.63, 3.8) is 0 Å². The van der Waals surface area contributed by atoms with Crippen molar-refractivity contribution in [2.75, 3.05) is 25.5 Å². The first-order valence-corrected chi connectivity index (χ1v) is 5.68. The van der Waals surface area contributed by atoms with Gasteiger partial charge in [0.1, 0.15) is 5.82 Å². The van der Waals surface area contributed by atoms with Crippen LogP contribution in [-0.4, -0.2) is 37.1 Å². The molecule has 1 heterocycles. The molecule has 0 aromatic heterocycles. The Morgan fingerprint density at radius 1 is 1.44 bits per heavy atom. The van der Waals surface area contributed by atoms with E-state index in [0.717, 1.165) is 6.42 Å². The Kier molecular flexibility index (Phi) is 5.37. The number of halogens is 2. The summed E-state index contributed by atoms with van der Waals surface area (Å²) in [5.74, 6) is -0.412. The third-order valence-corrected chi connectivity index (χ3v) is 3.00. The molecule has 0 bridgehead atoms. The molecule has 0 spiro atoms. The fourth-order valence-corrected chi connectivity index (χ4v) is 1.94. The summed E-state index contributed by atoms with van der Waals surface area (Å²) in [6, 6.07) is 6.26. The van der Waals surface area contributed by atoms with Crippen LogP contribution in [0.25, 0.3) is 0 Å². The predicted molar refractivity (Wildman–Crippen MR) is 71.7 cm³/mol. The van der Waals surface area contributed by atoms with Crippen LogP contribution in [0.1, 0.15) is 6.42 Å². The Labute approximate surface area is 112 Å². The number of urea groups is 1. The smallest absolute Gasteiger partial charge is 0.321 e. The van der Waals surface area contributed by atoms with Gasteiger partial charge in [-0.25, -0.2) is 9.18 Å². The molecule has 0 radical (unpaired) electrons. The summed E-state index contributed by atoms with van der Waals surface area (Å²) in [5.41, 5.74) is 0.227. The summed E-state index contributed by atoms with van der Waals surface area (Å²) in [4.78, 5) is 13.5. The molecule has 1 aromatic carbocycles. The van der Waals surface area contributed by atoms with E-state index in [-0.39, 0.29) is 24.1 Å². The maximum Gasteiger partial charge on any atom is 0.321 e. The van der Waals surface area contributed by atoms with E-state index in [9.17, 15) is 9.18 Å². The number of carbonyl (C=O) groups excluding carboxylic acids is 1. The monoisotopic (exact) mass is 273 g/mol. The first-order chi connectivity index (χ1) is 8.20. The van der Waals surface area contributed by atoms with E-state index in [1.165, 1.54) is 6.07 Å². The Morgan fingerprint density at radius 2 is 2.17 bits per heavy atom. The van der Waals surface area contributed by atoms with Crippen molar-refractivity contribution in [2.24, 2.45) is 0 Å². The molecule has 2 N–H and O–H groups in total. The van der Waals surface area contributed by atoms with Crippen molar-refractivity contribution in [3.05, 3.63) is 30.1 Å². The molecule has 0 saturated carbocycles. The number of anilines is 1. The average Bonchev–Trinajstić information content (AvgIpc) is 2.81. The van der Waals surface area contributed by atoms with Crippen molar-refractivity contribution < 1.29 is 9.18 Å². The highest BCUT2D eigenvalue weighted by Gasteiger charge is 2.25. The maximum absolute atomic E-state index is 13.3. The lowest BCUT2D eigenvalue weighted by molar-refractivity contribution is 0.221. The van der Waals surface area contributed by atoms with Gasteiger partial charge in [-0.1, -0.05) is 12.1 Å². The molecule has 1 aliphatic rings. The van der Waals surface area contributed by atoms with Crippen LogP contribution < -0.4 is 10.6 Å². The summed E-state index contributed by atoms with van der Waals surface area (Å²) in [6.07, 6.45) is 0.932. The second kappa shape index (κ2) is 6.56. The fraction of sp³-hybridized carbons (Fsp3) is 0.417. The highest BCUT2D eigenvalue weighted by molar-refractivity contribution is 5.89. The Hall–Kier alpha value is -1.33.